The van der Waals surface area contributed by atoms with Crippen LogP contribution < -0.4 is 5.32 Å². The fourth-order valence-corrected chi connectivity index (χ4v) is 5.88. The van der Waals surface area contributed by atoms with E-state index in [0.29, 0.717) is 25.8 Å². The number of piperidine rings is 1. The third-order valence-corrected chi connectivity index (χ3v) is 7.64. The van der Waals surface area contributed by atoms with Crippen LogP contribution in [0, 0.1) is 5.92 Å². The van der Waals surface area contributed by atoms with Crippen molar-refractivity contribution in [3.8, 4) is 11.1 Å². The molecule has 2 aromatic carbocycles. The molecule has 2 aliphatic carbocycles. The Balaban J connectivity index is 1.27. The fraction of sp³-hybridized carbons (Fsp3) is 0.444. The van der Waals surface area contributed by atoms with Gasteiger partial charge in [-0.25, -0.2) is 9.59 Å². The number of alkyl carbamates (subject to hydrolysis) is 1. The Morgan fingerprint density at radius 3 is 2.38 bits per heavy atom. The van der Waals surface area contributed by atoms with E-state index in [1.807, 2.05) is 31.2 Å². The molecule has 34 heavy (non-hydrogen) atoms. The first-order valence-corrected chi connectivity index (χ1v) is 12.1. The van der Waals surface area contributed by atoms with Gasteiger partial charge < -0.3 is 20.1 Å². The van der Waals surface area contributed by atoms with E-state index in [0.717, 1.165) is 35.1 Å². The minimum Gasteiger partial charge on any atom is -0.479 e. The highest BCUT2D eigenvalue weighted by Gasteiger charge is 2.67. The molecule has 0 spiro atoms. The van der Waals surface area contributed by atoms with Crippen LogP contribution in [0.15, 0.2) is 48.5 Å². The predicted molar refractivity (Wildman–Crippen MR) is 126 cm³/mol. The average Bonchev–Trinajstić information content (AvgIpc) is 3.53. The number of hydrogen-bond acceptors (Lipinski definition) is 4. The van der Waals surface area contributed by atoms with Gasteiger partial charge >= 0.3 is 12.1 Å². The normalized spacial score (nSPS) is 23.3. The number of likely N-dealkylation sites (tertiary alicyclic amines) is 1. The molecule has 2 fully saturated rings. The van der Waals surface area contributed by atoms with Crippen LogP contribution in [0.4, 0.5) is 4.79 Å². The third kappa shape index (κ3) is 3.63. The van der Waals surface area contributed by atoms with Crippen molar-refractivity contribution in [2.45, 2.75) is 56.5 Å². The van der Waals surface area contributed by atoms with Gasteiger partial charge in [-0.2, -0.15) is 0 Å². The third-order valence-electron chi connectivity index (χ3n) is 7.64. The SMILES string of the molecule is CCCC(NC(=O)OCC1c2ccccc2-c2ccccc21)C(=O)N1CCC[C@@H]2C[C@@]21C(=O)O. The van der Waals surface area contributed by atoms with Gasteiger partial charge in [0, 0.05) is 12.5 Å². The van der Waals surface area contributed by atoms with Gasteiger partial charge in [-0.15, -0.1) is 0 Å². The van der Waals surface area contributed by atoms with Crippen molar-refractivity contribution in [2.24, 2.45) is 5.92 Å². The molecule has 7 heteroatoms. The summed E-state index contributed by atoms with van der Waals surface area (Å²) in [5, 5.41) is 12.5. The molecule has 7 nitrogen and oxygen atoms in total. The zero-order valence-corrected chi connectivity index (χ0v) is 19.3. The van der Waals surface area contributed by atoms with Crippen LogP contribution in [-0.2, 0) is 14.3 Å². The van der Waals surface area contributed by atoms with E-state index in [1.165, 1.54) is 4.90 Å². The number of benzene rings is 2. The molecule has 3 atom stereocenters. The quantitative estimate of drug-likeness (QED) is 0.644. The number of amides is 2. The van der Waals surface area contributed by atoms with Crippen LogP contribution in [0.2, 0.25) is 0 Å². The van der Waals surface area contributed by atoms with Gasteiger partial charge in [-0.05, 0) is 53.9 Å². The highest BCUT2D eigenvalue weighted by Crippen LogP contribution is 2.54. The van der Waals surface area contributed by atoms with E-state index in [4.69, 9.17) is 4.74 Å². The van der Waals surface area contributed by atoms with Crippen LogP contribution in [0.1, 0.15) is 56.1 Å². The minimum atomic E-state index is -1.09. The Morgan fingerprint density at radius 2 is 1.76 bits per heavy atom. The van der Waals surface area contributed by atoms with E-state index >= 15 is 0 Å². The number of carboxylic acids is 1. The Labute approximate surface area is 199 Å². The van der Waals surface area contributed by atoms with Gasteiger partial charge in [0.15, 0.2) is 0 Å². The number of nitrogens with zero attached hydrogens (tertiary/aromatic N) is 1. The number of fused-ring (bicyclic) bond motifs is 4. The summed E-state index contributed by atoms with van der Waals surface area (Å²) in [7, 11) is 0. The van der Waals surface area contributed by atoms with Gasteiger partial charge in [0.05, 0.1) is 0 Å². The molecular weight excluding hydrogens is 432 g/mol. The first-order valence-electron chi connectivity index (χ1n) is 12.1. The molecule has 5 rings (SSSR count). The maximum atomic E-state index is 13.4. The summed E-state index contributed by atoms with van der Waals surface area (Å²) >= 11 is 0. The number of carboxylic acid groups (broad SMARTS) is 1. The van der Waals surface area contributed by atoms with E-state index in [1.54, 1.807) is 0 Å². The van der Waals surface area contributed by atoms with Gasteiger partial charge in [0.2, 0.25) is 5.91 Å². The van der Waals surface area contributed by atoms with Crippen LogP contribution in [0.3, 0.4) is 0 Å². The molecular formula is C27H30N2O5. The van der Waals surface area contributed by atoms with E-state index in [2.05, 4.69) is 29.6 Å². The predicted octanol–water partition coefficient (Wildman–Crippen LogP) is 4.16. The second-order valence-corrected chi connectivity index (χ2v) is 9.57. The van der Waals surface area contributed by atoms with Crippen molar-refractivity contribution in [3.63, 3.8) is 0 Å². The second-order valence-electron chi connectivity index (χ2n) is 9.57. The summed E-state index contributed by atoms with van der Waals surface area (Å²) in [6.07, 6.45) is 2.57. The summed E-state index contributed by atoms with van der Waals surface area (Å²) in [5.41, 5.74) is 3.44. The molecule has 1 heterocycles. The van der Waals surface area contributed by atoms with Gasteiger partial charge in [-0.3, -0.25) is 4.79 Å². The van der Waals surface area contributed by atoms with Crippen molar-refractivity contribution in [2.75, 3.05) is 13.2 Å². The van der Waals surface area contributed by atoms with Crippen molar-refractivity contribution in [3.05, 3.63) is 59.7 Å². The van der Waals surface area contributed by atoms with Gasteiger partial charge in [0.25, 0.3) is 0 Å². The first-order chi connectivity index (χ1) is 16.5. The zero-order valence-electron chi connectivity index (χ0n) is 19.3. The number of rotatable bonds is 7. The van der Waals surface area contributed by atoms with Crippen LogP contribution in [-0.4, -0.2) is 52.7 Å². The molecule has 2 N–H and O–H groups in total. The van der Waals surface area contributed by atoms with Gasteiger partial charge in [-0.1, -0.05) is 61.9 Å². The molecule has 1 saturated heterocycles. The molecule has 2 aromatic rings. The summed E-state index contributed by atoms with van der Waals surface area (Å²) in [6, 6.07) is 15.4. The standard InChI is InChI=1S/C27H30N2O5/c1-2-8-23(24(30)29-14-7-9-17-15-27(17,29)25(31)32)28-26(33)34-16-22-20-12-5-3-10-18(20)19-11-4-6-13-21(19)22/h3-6,10-13,17,22-23H,2,7-9,14-16H2,1H3,(H,28,33)(H,31,32)/t17-,23?,27+/m1/s1. The lowest BCUT2D eigenvalue weighted by atomic mass is 9.98. The van der Waals surface area contributed by atoms with Crippen LogP contribution in [0.5, 0.6) is 0 Å². The number of nitrogens with one attached hydrogen (secondary N) is 1. The summed E-state index contributed by atoms with van der Waals surface area (Å²) in [5.74, 6) is -1.32. The van der Waals surface area contributed by atoms with E-state index < -0.39 is 23.6 Å². The maximum absolute atomic E-state index is 13.4. The van der Waals surface area contributed by atoms with Crippen molar-refractivity contribution in [1.82, 2.24) is 10.2 Å². The number of carbonyl (C=O) groups is 3. The number of aliphatic carboxylic acids is 1. The molecule has 1 aliphatic heterocycles. The lowest BCUT2D eigenvalue weighted by Crippen LogP contribution is -2.57. The number of hydrogen-bond donors (Lipinski definition) is 2. The average molecular weight is 463 g/mol. The largest absolute Gasteiger partial charge is 0.479 e. The molecule has 0 bridgehead atoms. The highest BCUT2D eigenvalue weighted by atomic mass is 16.5. The van der Waals surface area contributed by atoms with Crippen LogP contribution >= 0.6 is 0 Å². The fourth-order valence-electron chi connectivity index (χ4n) is 5.88. The maximum Gasteiger partial charge on any atom is 0.407 e. The number of carbonyl (C=O) groups excluding carboxylic acids is 2. The molecule has 2 amide bonds. The molecule has 1 saturated carbocycles. The molecule has 0 aromatic heterocycles. The summed E-state index contributed by atoms with van der Waals surface area (Å²) in [4.78, 5) is 39.6. The lowest BCUT2D eigenvalue weighted by molar-refractivity contribution is -0.155. The highest BCUT2D eigenvalue weighted by molar-refractivity contribution is 5.94. The lowest BCUT2D eigenvalue weighted by Gasteiger charge is -2.36. The first kappa shape index (κ1) is 22.4. The van der Waals surface area contributed by atoms with Crippen LogP contribution in [0.25, 0.3) is 11.1 Å². The van der Waals surface area contributed by atoms with E-state index in [9.17, 15) is 19.5 Å². The Hall–Kier alpha value is -3.35. The van der Waals surface area contributed by atoms with Crippen molar-refractivity contribution in [1.29, 1.82) is 0 Å². The van der Waals surface area contributed by atoms with Crippen molar-refractivity contribution >= 4 is 18.0 Å². The summed E-state index contributed by atoms with van der Waals surface area (Å²) in [6.45, 7) is 2.51. The molecule has 0 radical (unpaired) electrons. The Bertz CT molecular complexity index is 1090. The van der Waals surface area contributed by atoms with E-state index in [-0.39, 0.29) is 24.3 Å². The molecule has 178 valence electrons. The second kappa shape index (κ2) is 8.78. The smallest absolute Gasteiger partial charge is 0.407 e. The number of ether oxygens (including phenoxy) is 1. The van der Waals surface area contributed by atoms with Gasteiger partial charge in [0.1, 0.15) is 18.2 Å². The van der Waals surface area contributed by atoms with Crippen molar-refractivity contribution < 1.29 is 24.2 Å². The Morgan fingerprint density at radius 1 is 1.12 bits per heavy atom. The minimum absolute atomic E-state index is 0.0134. The monoisotopic (exact) mass is 462 g/mol. The molecule has 1 unspecified atom stereocenters. The molecule has 3 aliphatic rings. The topological polar surface area (TPSA) is 95.9 Å². The zero-order chi connectivity index (χ0) is 23.9. The Kier molecular flexibility index (Phi) is 5.80. The summed E-state index contributed by atoms with van der Waals surface area (Å²) < 4.78 is 5.63.